The van der Waals surface area contributed by atoms with Gasteiger partial charge in [0, 0.05) is 7.05 Å². The van der Waals surface area contributed by atoms with Crippen LogP contribution in [-0.2, 0) is 6.42 Å². The maximum absolute atomic E-state index is 10.7. The summed E-state index contributed by atoms with van der Waals surface area (Å²) in [4.78, 5) is 14.3. The van der Waals surface area contributed by atoms with E-state index in [1.54, 1.807) is 18.4 Å². The third kappa shape index (κ3) is 3.29. The van der Waals surface area contributed by atoms with Crippen LogP contribution in [-0.4, -0.2) is 18.2 Å². The Hall–Kier alpha value is -1.29. The minimum atomic E-state index is -0.462. The molecule has 70 valence electrons. The molecular weight excluding hydrogens is 192 g/mol. The number of amides is 2. The average molecular weight is 201 g/mol. The van der Waals surface area contributed by atoms with Crippen LogP contribution < -0.4 is 5.32 Å². The molecule has 1 aromatic rings. The van der Waals surface area contributed by atoms with Gasteiger partial charge < -0.3 is 9.73 Å². The van der Waals surface area contributed by atoms with Crippen LogP contribution >= 0.6 is 11.6 Å². The van der Waals surface area contributed by atoms with Crippen LogP contribution in [0, 0.1) is 0 Å². The predicted molar refractivity (Wildman–Crippen MR) is 50.2 cm³/mol. The van der Waals surface area contributed by atoms with E-state index in [-0.39, 0.29) is 5.17 Å². The van der Waals surface area contributed by atoms with Crippen LogP contribution in [0.4, 0.5) is 4.79 Å². The molecule has 1 rings (SSSR count). The number of rotatable bonds is 2. The molecule has 0 aliphatic heterocycles. The van der Waals surface area contributed by atoms with Gasteiger partial charge in [-0.15, -0.1) is 0 Å². The molecule has 1 heterocycles. The fraction of sp³-hybridized carbons (Fsp3) is 0.250. The Morgan fingerprint density at radius 2 is 2.54 bits per heavy atom. The molecule has 13 heavy (non-hydrogen) atoms. The van der Waals surface area contributed by atoms with Crippen molar-refractivity contribution in [1.82, 2.24) is 5.32 Å². The zero-order chi connectivity index (χ0) is 9.68. The fourth-order valence-electron chi connectivity index (χ4n) is 0.763. The van der Waals surface area contributed by atoms with Gasteiger partial charge in [-0.1, -0.05) is 11.6 Å². The van der Waals surface area contributed by atoms with E-state index in [1.807, 2.05) is 0 Å². The van der Waals surface area contributed by atoms with E-state index in [9.17, 15) is 4.79 Å². The second-order valence-electron chi connectivity index (χ2n) is 2.30. The summed E-state index contributed by atoms with van der Waals surface area (Å²) in [6.07, 6.45) is 1.88. The van der Waals surface area contributed by atoms with E-state index in [0.29, 0.717) is 12.2 Å². The van der Waals surface area contributed by atoms with Crippen LogP contribution in [0.5, 0.6) is 0 Å². The highest BCUT2D eigenvalue weighted by Crippen LogP contribution is 2.04. The Labute approximate surface area is 80.6 Å². The van der Waals surface area contributed by atoms with E-state index >= 15 is 0 Å². The molecule has 0 aliphatic carbocycles. The topological polar surface area (TPSA) is 54.6 Å². The number of furan rings is 1. The maximum Gasteiger partial charge on any atom is 0.341 e. The van der Waals surface area contributed by atoms with E-state index in [2.05, 4.69) is 10.3 Å². The van der Waals surface area contributed by atoms with Gasteiger partial charge in [0.25, 0.3) is 0 Å². The highest BCUT2D eigenvalue weighted by molar-refractivity contribution is 6.66. The van der Waals surface area contributed by atoms with E-state index in [4.69, 9.17) is 16.0 Å². The van der Waals surface area contributed by atoms with Gasteiger partial charge in [-0.3, -0.25) is 0 Å². The zero-order valence-corrected chi connectivity index (χ0v) is 7.84. The SMILES string of the molecule is CNC(=O)N=C(Cl)Cc1ccco1. The Morgan fingerprint density at radius 1 is 1.77 bits per heavy atom. The van der Waals surface area contributed by atoms with Gasteiger partial charge in [-0.05, 0) is 12.1 Å². The Balaban J connectivity index is 2.55. The smallest absolute Gasteiger partial charge is 0.341 e. The van der Waals surface area contributed by atoms with Crippen molar-refractivity contribution in [3.05, 3.63) is 24.2 Å². The van der Waals surface area contributed by atoms with Gasteiger partial charge in [0.05, 0.1) is 12.7 Å². The van der Waals surface area contributed by atoms with Crippen LogP contribution in [0.2, 0.25) is 0 Å². The first-order valence-corrected chi connectivity index (χ1v) is 4.07. The quantitative estimate of drug-likeness (QED) is 0.741. The molecule has 4 nitrogen and oxygen atoms in total. The number of hydrogen-bond donors (Lipinski definition) is 1. The number of halogens is 1. The fourth-order valence-corrected chi connectivity index (χ4v) is 0.971. The van der Waals surface area contributed by atoms with Crippen molar-refractivity contribution in [2.24, 2.45) is 4.99 Å². The molecule has 5 heteroatoms. The molecule has 0 aromatic carbocycles. The molecule has 0 aliphatic rings. The van der Waals surface area contributed by atoms with Crippen LogP contribution in [0.3, 0.4) is 0 Å². The van der Waals surface area contributed by atoms with Crippen molar-refractivity contribution in [1.29, 1.82) is 0 Å². The summed E-state index contributed by atoms with van der Waals surface area (Å²) >= 11 is 5.68. The van der Waals surface area contributed by atoms with Gasteiger partial charge in [-0.25, -0.2) is 4.79 Å². The standard InChI is InChI=1S/C8H9ClN2O2/c1-10-8(12)11-7(9)5-6-3-2-4-13-6/h2-4H,5H2,1H3,(H,10,12). The summed E-state index contributed by atoms with van der Waals surface area (Å²) in [6, 6.07) is 3.05. The number of hydrogen-bond acceptors (Lipinski definition) is 2. The van der Waals surface area contributed by atoms with Crippen LogP contribution in [0.1, 0.15) is 5.76 Å². The van der Waals surface area contributed by atoms with Crippen molar-refractivity contribution in [3.63, 3.8) is 0 Å². The summed E-state index contributed by atoms with van der Waals surface area (Å²) in [5, 5.41) is 2.54. The predicted octanol–water partition coefficient (Wildman–Crippen LogP) is 1.80. The van der Waals surface area contributed by atoms with Crippen molar-refractivity contribution in [2.75, 3.05) is 7.05 Å². The lowest BCUT2D eigenvalue weighted by Crippen LogP contribution is -2.14. The molecule has 1 N–H and O–H groups in total. The second-order valence-corrected chi connectivity index (χ2v) is 2.74. The molecule has 2 amide bonds. The first-order valence-electron chi connectivity index (χ1n) is 3.69. The number of carbonyl (C=O) groups excluding carboxylic acids is 1. The molecule has 0 radical (unpaired) electrons. The lowest BCUT2D eigenvalue weighted by molar-refractivity contribution is 0.251. The maximum atomic E-state index is 10.7. The van der Waals surface area contributed by atoms with Crippen molar-refractivity contribution in [2.45, 2.75) is 6.42 Å². The van der Waals surface area contributed by atoms with E-state index < -0.39 is 6.03 Å². The third-order valence-corrected chi connectivity index (χ3v) is 1.56. The first-order chi connectivity index (χ1) is 6.22. The molecular formula is C8H9ClN2O2. The molecule has 0 saturated carbocycles. The molecule has 1 aromatic heterocycles. The summed E-state index contributed by atoms with van der Waals surface area (Å²) in [5.41, 5.74) is 0. The van der Waals surface area contributed by atoms with Gasteiger partial charge in [0.1, 0.15) is 10.9 Å². The first kappa shape index (κ1) is 9.80. The number of nitrogens with zero attached hydrogens (tertiary/aromatic N) is 1. The average Bonchev–Trinajstić information content (AvgIpc) is 2.56. The number of aliphatic imine (C=N–C) groups is 1. The highest BCUT2D eigenvalue weighted by Gasteiger charge is 2.02. The molecule has 0 fully saturated rings. The third-order valence-electron chi connectivity index (χ3n) is 1.34. The molecule has 0 saturated heterocycles. The number of urea groups is 1. The largest absolute Gasteiger partial charge is 0.469 e. The normalized spacial score (nSPS) is 11.4. The van der Waals surface area contributed by atoms with Crippen molar-refractivity contribution < 1.29 is 9.21 Å². The van der Waals surface area contributed by atoms with Crippen molar-refractivity contribution >= 4 is 22.8 Å². The summed E-state index contributed by atoms with van der Waals surface area (Å²) in [6.45, 7) is 0. The molecule has 0 bridgehead atoms. The van der Waals surface area contributed by atoms with E-state index in [1.165, 1.54) is 7.05 Å². The van der Waals surface area contributed by atoms with Crippen LogP contribution in [0.15, 0.2) is 27.8 Å². The Bertz CT molecular complexity index is 306. The molecule has 0 atom stereocenters. The Morgan fingerprint density at radius 3 is 3.08 bits per heavy atom. The van der Waals surface area contributed by atoms with Gasteiger partial charge in [0.15, 0.2) is 0 Å². The summed E-state index contributed by atoms with van der Waals surface area (Å²) in [5.74, 6) is 0.678. The highest BCUT2D eigenvalue weighted by atomic mass is 35.5. The van der Waals surface area contributed by atoms with Crippen LogP contribution in [0.25, 0.3) is 0 Å². The van der Waals surface area contributed by atoms with Crippen molar-refractivity contribution in [3.8, 4) is 0 Å². The number of nitrogens with one attached hydrogen (secondary N) is 1. The monoisotopic (exact) mass is 200 g/mol. The van der Waals surface area contributed by atoms with E-state index in [0.717, 1.165) is 0 Å². The Kier molecular flexibility index (Phi) is 3.52. The number of carbonyl (C=O) groups is 1. The zero-order valence-electron chi connectivity index (χ0n) is 7.08. The van der Waals surface area contributed by atoms with Gasteiger partial charge in [0.2, 0.25) is 0 Å². The molecule has 0 spiro atoms. The minimum Gasteiger partial charge on any atom is -0.469 e. The second kappa shape index (κ2) is 4.67. The lowest BCUT2D eigenvalue weighted by Gasteiger charge is -1.94. The minimum absolute atomic E-state index is 0.203. The lowest BCUT2D eigenvalue weighted by atomic mass is 10.3. The van der Waals surface area contributed by atoms with Gasteiger partial charge in [-0.2, -0.15) is 4.99 Å². The summed E-state index contributed by atoms with van der Waals surface area (Å²) < 4.78 is 5.02. The van der Waals surface area contributed by atoms with Gasteiger partial charge >= 0.3 is 6.03 Å². The summed E-state index contributed by atoms with van der Waals surface area (Å²) in [7, 11) is 1.49. The molecule has 0 unspecified atom stereocenters.